The van der Waals surface area contributed by atoms with Gasteiger partial charge in [-0.3, -0.25) is 9.59 Å². The summed E-state index contributed by atoms with van der Waals surface area (Å²) in [6.45, 7) is 6.96. The first-order valence-electron chi connectivity index (χ1n) is 9.06. The predicted molar refractivity (Wildman–Crippen MR) is 86.3 cm³/mol. The van der Waals surface area contributed by atoms with E-state index < -0.39 is 0 Å². The lowest BCUT2D eigenvalue weighted by atomic mass is 9.44. The van der Waals surface area contributed by atoms with Crippen LogP contribution in [0.25, 0.3) is 0 Å². The Bertz CT molecular complexity index is 589. The number of ketones is 2. The molecule has 22 heavy (non-hydrogen) atoms. The summed E-state index contributed by atoms with van der Waals surface area (Å²) in [5.41, 5.74) is 1.84. The maximum absolute atomic E-state index is 12.4. The van der Waals surface area contributed by atoms with E-state index in [1.54, 1.807) is 5.57 Å². The fraction of sp³-hybridized carbons (Fsp3) is 0.800. The summed E-state index contributed by atoms with van der Waals surface area (Å²) < 4.78 is 0. The zero-order valence-electron chi connectivity index (χ0n) is 14.2. The molecule has 4 aliphatic rings. The Balaban J connectivity index is 1.77. The van der Waals surface area contributed by atoms with Gasteiger partial charge in [0.15, 0.2) is 0 Å². The van der Waals surface area contributed by atoms with Crippen LogP contribution in [-0.2, 0) is 9.59 Å². The number of Topliss-reactive ketones (excluding diaryl/α,β-unsaturated/α-hetero) is 2. The van der Waals surface area contributed by atoms with Gasteiger partial charge in [0.2, 0.25) is 0 Å². The molecule has 3 fully saturated rings. The van der Waals surface area contributed by atoms with Crippen LogP contribution >= 0.6 is 0 Å². The van der Waals surface area contributed by atoms with Gasteiger partial charge < -0.3 is 0 Å². The standard InChI is InChI=1S/C20H28O2/c1-18-9-7-14-15-4-5-17(22)19(15,2)10-8-16(14)20(18,3)11-6-13(21)12-18/h8,14-15H,4-7,9-12H2,1-3H3/t14-,15-,18+,19-,20+/m0/s1. The Hall–Kier alpha value is -0.920. The van der Waals surface area contributed by atoms with Crippen molar-refractivity contribution in [2.45, 2.75) is 72.1 Å². The molecule has 120 valence electrons. The number of rotatable bonds is 0. The van der Waals surface area contributed by atoms with Gasteiger partial charge in [0, 0.05) is 24.7 Å². The van der Waals surface area contributed by atoms with E-state index in [9.17, 15) is 9.59 Å². The third kappa shape index (κ3) is 1.62. The molecular formula is C20H28O2. The van der Waals surface area contributed by atoms with Crippen molar-refractivity contribution in [3.63, 3.8) is 0 Å². The number of allylic oxidation sites excluding steroid dienone is 2. The summed E-state index contributed by atoms with van der Waals surface area (Å²) in [6.07, 6.45) is 10.1. The molecule has 0 amide bonds. The summed E-state index contributed by atoms with van der Waals surface area (Å²) in [5.74, 6) is 2.09. The molecule has 0 bridgehead atoms. The summed E-state index contributed by atoms with van der Waals surface area (Å²) in [5, 5.41) is 0. The minimum atomic E-state index is -0.0945. The lowest BCUT2D eigenvalue weighted by Gasteiger charge is -2.60. The van der Waals surface area contributed by atoms with Gasteiger partial charge in [0.05, 0.1) is 0 Å². The van der Waals surface area contributed by atoms with E-state index in [1.807, 2.05) is 0 Å². The summed E-state index contributed by atoms with van der Waals surface area (Å²) in [7, 11) is 0. The van der Waals surface area contributed by atoms with Gasteiger partial charge in [-0.05, 0) is 54.8 Å². The van der Waals surface area contributed by atoms with E-state index in [2.05, 4.69) is 26.8 Å². The number of fused-ring (bicyclic) bond motifs is 5. The first-order valence-corrected chi connectivity index (χ1v) is 9.06. The Labute approximate surface area is 133 Å². The lowest BCUT2D eigenvalue weighted by molar-refractivity contribution is -0.132. The summed E-state index contributed by atoms with van der Waals surface area (Å²) >= 11 is 0. The smallest absolute Gasteiger partial charge is 0.139 e. The van der Waals surface area contributed by atoms with Gasteiger partial charge in [-0.2, -0.15) is 0 Å². The molecule has 4 rings (SSSR count). The molecule has 0 heterocycles. The topological polar surface area (TPSA) is 34.1 Å². The Morgan fingerprint density at radius 2 is 1.82 bits per heavy atom. The number of hydrogen-bond acceptors (Lipinski definition) is 2. The SMILES string of the molecule is C[C@]12CC[C@@H]3C(=CC[C@]4(C)C(=O)CC[C@@H]34)[C@@]1(C)CCC(=O)C2. The van der Waals surface area contributed by atoms with Crippen molar-refractivity contribution in [1.82, 2.24) is 0 Å². The van der Waals surface area contributed by atoms with Crippen molar-refractivity contribution in [2.24, 2.45) is 28.1 Å². The minimum Gasteiger partial charge on any atom is -0.300 e. The van der Waals surface area contributed by atoms with Crippen LogP contribution in [0.2, 0.25) is 0 Å². The molecule has 0 aromatic rings. The molecule has 0 aromatic heterocycles. The van der Waals surface area contributed by atoms with Crippen LogP contribution in [0, 0.1) is 28.1 Å². The molecule has 0 unspecified atom stereocenters. The third-order valence-corrected chi connectivity index (χ3v) is 8.24. The Kier molecular flexibility index (Phi) is 2.89. The van der Waals surface area contributed by atoms with E-state index in [-0.39, 0.29) is 16.2 Å². The van der Waals surface area contributed by atoms with Gasteiger partial charge >= 0.3 is 0 Å². The molecule has 0 spiro atoms. The highest BCUT2D eigenvalue weighted by Crippen LogP contribution is 2.67. The van der Waals surface area contributed by atoms with Gasteiger partial charge in [0.25, 0.3) is 0 Å². The molecule has 0 aliphatic heterocycles. The fourth-order valence-electron chi connectivity index (χ4n) is 6.43. The zero-order chi connectivity index (χ0) is 15.8. The van der Waals surface area contributed by atoms with Crippen molar-refractivity contribution < 1.29 is 9.59 Å². The summed E-state index contributed by atoms with van der Waals surface area (Å²) in [6, 6.07) is 0. The van der Waals surface area contributed by atoms with Gasteiger partial charge in [0.1, 0.15) is 11.6 Å². The highest BCUT2D eigenvalue weighted by Gasteiger charge is 2.60. The Morgan fingerprint density at radius 1 is 1.05 bits per heavy atom. The normalized spacial score (nSPS) is 51.0. The van der Waals surface area contributed by atoms with Crippen LogP contribution < -0.4 is 0 Å². The fourth-order valence-corrected chi connectivity index (χ4v) is 6.43. The van der Waals surface area contributed by atoms with E-state index in [4.69, 9.17) is 0 Å². The average molecular weight is 300 g/mol. The average Bonchev–Trinajstić information content (AvgIpc) is 2.76. The molecular weight excluding hydrogens is 272 g/mol. The molecule has 4 aliphatic carbocycles. The molecule has 0 saturated heterocycles. The second-order valence-electron chi connectivity index (χ2n) is 9.10. The van der Waals surface area contributed by atoms with E-state index in [0.29, 0.717) is 23.4 Å². The molecule has 0 aromatic carbocycles. The molecule has 2 heteroatoms. The largest absolute Gasteiger partial charge is 0.300 e. The quantitative estimate of drug-likeness (QED) is 0.618. The van der Waals surface area contributed by atoms with Crippen molar-refractivity contribution in [3.05, 3.63) is 11.6 Å². The van der Waals surface area contributed by atoms with Crippen LogP contribution in [0.5, 0.6) is 0 Å². The number of carbonyl (C=O) groups is 2. The molecule has 0 N–H and O–H groups in total. The van der Waals surface area contributed by atoms with Gasteiger partial charge in [-0.15, -0.1) is 0 Å². The second kappa shape index (κ2) is 4.33. The van der Waals surface area contributed by atoms with E-state index in [1.165, 1.54) is 6.42 Å². The van der Waals surface area contributed by atoms with Gasteiger partial charge in [-0.25, -0.2) is 0 Å². The maximum Gasteiger partial charge on any atom is 0.139 e. The zero-order valence-corrected chi connectivity index (χ0v) is 14.2. The first kappa shape index (κ1) is 14.7. The summed E-state index contributed by atoms with van der Waals surface area (Å²) in [4.78, 5) is 24.4. The van der Waals surface area contributed by atoms with Crippen LogP contribution in [0.15, 0.2) is 11.6 Å². The van der Waals surface area contributed by atoms with Crippen LogP contribution in [0.1, 0.15) is 72.1 Å². The maximum atomic E-state index is 12.4. The monoisotopic (exact) mass is 300 g/mol. The van der Waals surface area contributed by atoms with E-state index >= 15 is 0 Å². The van der Waals surface area contributed by atoms with E-state index in [0.717, 1.165) is 44.9 Å². The number of carbonyl (C=O) groups excluding carboxylic acids is 2. The molecule has 3 saturated carbocycles. The number of hydrogen-bond donors (Lipinski definition) is 0. The molecule has 2 nitrogen and oxygen atoms in total. The third-order valence-electron chi connectivity index (χ3n) is 8.24. The highest BCUT2D eigenvalue weighted by molar-refractivity contribution is 5.87. The lowest BCUT2D eigenvalue weighted by Crippen LogP contribution is -2.53. The van der Waals surface area contributed by atoms with Crippen molar-refractivity contribution in [3.8, 4) is 0 Å². The highest BCUT2D eigenvalue weighted by atomic mass is 16.1. The van der Waals surface area contributed by atoms with Crippen molar-refractivity contribution in [2.75, 3.05) is 0 Å². The van der Waals surface area contributed by atoms with Gasteiger partial charge in [-0.1, -0.05) is 32.4 Å². The van der Waals surface area contributed by atoms with Crippen molar-refractivity contribution in [1.29, 1.82) is 0 Å². The first-order chi connectivity index (χ1) is 10.3. The second-order valence-corrected chi connectivity index (χ2v) is 9.10. The minimum absolute atomic E-state index is 0.0945. The Morgan fingerprint density at radius 3 is 2.59 bits per heavy atom. The predicted octanol–water partition coefficient (Wildman–Crippen LogP) is 4.48. The van der Waals surface area contributed by atoms with Crippen LogP contribution in [-0.4, -0.2) is 11.6 Å². The molecule has 5 atom stereocenters. The molecule has 0 radical (unpaired) electrons. The van der Waals surface area contributed by atoms with Crippen LogP contribution in [0.3, 0.4) is 0 Å². The van der Waals surface area contributed by atoms with Crippen LogP contribution in [0.4, 0.5) is 0 Å². The van der Waals surface area contributed by atoms with Crippen molar-refractivity contribution >= 4 is 11.6 Å².